The van der Waals surface area contributed by atoms with Crippen LogP contribution in [0.3, 0.4) is 0 Å². The summed E-state index contributed by atoms with van der Waals surface area (Å²) in [4.78, 5) is 4.32. The molecule has 0 bridgehead atoms. The van der Waals surface area contributed by atoms with Crippen LogP contribution in [-0.2, 0) is 0 Å². The topological polar surface area (TPSA) is 33.1 Å². The summed E-state index contributed by atoms with van der Waals surface area (Å²) in [5.74, 6) is 0. The normalized spacial score (nSPS) is 13.0. The van der Waals surface area contributed by atoms with E-state index in [9.17, 15) is 5.11 Å². The van der Waals surface area contributed by atoms with Gasteiger partial charge in [-0.3, -0.25) is 0 Å². The Balaban J connectivity index is 3.03. The van der Waals surface area contributed by atoms with E-state index in [1.54, 1.807) is 18.7 Å². The van der Waals surface area contributed by atoms with Crippen LogP contribution >= 0.6 is 11.8 Å². The molecular weight excluding hydrogens is 170 g/mol. The van der Waals surface area contributed by atoms with Crippen LogP contribution in [0.4, 0.5) is 0 Å². The molecule has 12 heavy (non-hydrogen) atoms. The summed E-state index contributed by atoms with van der Waals surface area (Å²) < 4.78 is 0. The predicted octanol–water partition coefficient (Wildman–Crippen LogP) is 2.17. The van der Waals surface area contributed by atoms with Crippen molar-refractivity contribution in [2.45, 2.75) is 25.0 Å². The van der Waals surface area contributed by atoms with Crippen LogP contribution in [-0.4, -0.2) is 16.3 Å². The fourth-order valence-electron chi connectivity index (χ4n) is 1.10. The highest BCUT2D eigenvalue weighted by molar-refractivity contribution is 7.98. The van der Waals surface area contributed by atoms with Crippen LogP contribution in [0, 0.1) is 6.92 Å². The first-order valence-electron chi connectivity index (χ1n) is 3.84. The number of aliphatic hydroxyl groups excluding tert-OH is 1. The van der Waals surface area contributed by atoms with E-state index < -0.39 is 6.10 Å². The van der Waals surface area contributed by atoms with Crippen LogP contribution in [0.25, 0.3) is 0 Å². The molecule has 0 saturated heterocycles. The van der Waals surface area contributed by atoms with E-state index in [2.05, 4.69) is 4.98 Å². The lowest BCUT2D eigenvalue weighted by molar-refractivity contribution is 0.198. The van der Waals surface area contributed by atoms with Crippen molar-refractivity contribution in [1.82, 2.24) is 4.98 Å². The van der Waals surface area contributed by atoms with E-state index >= 15 is 0 Å². The Morgan fingerprint density at radius 1 is 1.50 bits per heavy atom. The molecule has 3 heteroatoms. The van der Waals surface area contributed by atoms with Crippen molar-refractivity contribution in [2.75, 3.05) is 6.26 Å². The van der Waals surface area contributed by atoms with Gasteiger partial charge >= 0.3 is 0 Å². The second-order valence-corrected chi connectivity index (χ2v) is 3.53. The van der Waals surface area contributed by atoms with Gasteiger partial charge < -0.3 is 5.11 Å². The molecule has 0 aromatic carbocycles. The summed E-state index contributed by atoms with van der Waals surface area (Å²) in [7, 11) is 0. The molecule has 0 aliphatic rings. The number of pyridine rings is 1. The standard InChI is InChI=1S/C9H13NOS/c1-6-8(7(2)11)4-5-9(10-6)12-3/h4-5,7,11H,1-3H3/t7-/m1/s1. The van der Waals surface area contributed by atoms with Gasteiger partial charge in [-0.25, -0.2) is 4.98 Å². The van der Waals surface area contributed by atoms with Crippen LogP contribution in [0.15, 0.2) is 17.2 Å². The zero-order valence-corrected chi connectivity index (χ0v) is 8.35. The van der Waals surface area contributed by atoms with Crippen molar-refractivity contribution in [3.8, 4) is 0 Å². The molecule has 0 fully saturated rings. The molecule has 0 radical (unpaired) electrons. The van der Waals surface area contributed by atoms with Gasteiger partial charge in [0.15, 0.2) is 0 Å². The SMILES string of the molecule is CSc1ccc([C@@H](C)O)c(C)n1. The predicted molar refractivity (Wildman–Crippen MR) is 51.4 cm³/mol. The monoisotopic (exact) mass is 183 g/mol. The lowest BCUT2D eigenvalue weighted by atomic mass is 10.1. The quantitative estimate of drug-likeness (QED) is 0.713. The van der Waals surface area contributed by atoms with E-state index in [1.165, 1.54) is 0 Å². The summed E-state index contributed by atoms with van der Waals surface area (Å²) in [6, 6.07) is 3.86. The lowest BCUT2D eigenvalue weighted by Gasteiger charge is -2.08. The maximum absolute atomic E-state index is 9.32. The lowest BCUT2D eigenvalue weighted by Crippen LogP contribution is -1.97. The van der Waals surface area contributed by atoms with Gasteiger partial charge in [0.25, 0.3) is 0 Å². The molecule has 0 amide bonds. The van der Waals surface area contributed by atoms with Gasteiger partial charge in [-0.05, 0) is 26.2 Å². The van der Waals surface area contributed by atoms with Gasteiger partial charge in [0, 0.05) is 11.3 Å². The fraction of sp³-hybridized carbons (Fsp3) is 0.444. The second-order valence-electron chi connectivity index (χ2n) is 2.70. The number of aromatic nitrogens is 1. The van der Waals surface area contributed by atoms with Gasteiger partial charge in [0.05, 0.1) is 11.1 Å². The third-order valence-corrected chi connectivity index (χ3v) is 2.41. The van der Waals surface area contributed by atoms with Crippen LogP contribution in [0.1, 0.15) is 24.3 Å². The molecule has 1 rings (SSSR count). The highest BCUT2D eigenvalue weighted by Crippen LogP contribution is 2.19. The van der Waals surface area contributed by atoms with E-state index in [4.69, 9.17) is 0 Å². The maximum Gasteiger partial charge on any atom is 0.0960 e. The molecule has 66 valence electrons. The number of hydrogen-bond acceptors (Lipinski definition) is 3. The minimum atomic E-state index is -0.423. The number of rotatable bonds is 2. The maximum atomic E-state index is 9.32. The number of thioether (sulfide) groups is 1. The minimum absolute atomic E-state index is 0.423. The molecule has 0 aliphatic heterocycles. The van der Waals surface area contributed by atoms with Gasteiger partial charge in [0.1, 0.15) is 0 Å². The van der Waals surface area contributed by atoms with Crippen molar-refractivity contribution in [3.63, 3.8) is 0 Å². The zero-order valence-electron chi connectivity index (χ0n) is 7.53. The average Bonchev–Trinajstić information content (AvgIpc) is 2.03. The number of nitrogens with zero attached hydrogens (tertiary/aromatic N) is 1. The first-order chi connectivity index (χ1) is 5.65. The Morgan fingerprint density at radius 2 is 2.17 bits per heavy atom. The van der Waals surface area contributed by atoms with Crippen molar-refractivity contribution >= 4 is 11.8 Å². The van der Waals surface area contributed by atoms with Crippen molar-refractivity contribution in [3.05, 3.63) is 23.4 Å². The number of aliphatic hydroxyl groups is 1. The summed E-state index contributed by atoms with van der Waals surface area (Å²) in [6.45, 7) is 3.67. The first kappa shape index (κ1) is 9.55. The van der Waals surface area contributed by atoms with Crippen molar-refractivity contribution in [1.29, 1.82) is 0 Å². The van der Waals surface area contributed by atoms with E-state index in [0.29, 0.717) is 0 Å². The fourth-order valence-corrected chi connectivity index (χ4v) is 1.54. The molecule has 1 aromatic heterocycles. The molecule has 1 atom stereocenters. The Kier molecular flexibility index (Phi) is 3.12. The number of aryl methyl sites for hydroxylation is 1. The second kappa shape index (κ2) is 3.92. The molecule has 0 aliphatic carbocycles. The largest absolute Gasteiger partial charge is 0.389 e. The Hall–Kier alpha value is -0.540. The van der Waals surface area contributed by atoms with E-state index in [0.717, 1.165) is 16.3 Å². The van der Waals surface area contributed by atoms with Crippen LogP contribution in [0.5, 0.6) is 0 Å². The van der Waals surface area contributed by atoms with E-state index in [-0.39, 0.29) is 0 Å². The van der Waals surface area contributed by atoms with Crippen LogP contribution < -0.4 is 0 Å². The summed E-state index contributed by atoms with van der Waals surface area (Å²) in [6.07, 6.45) is 1.57. The van der Waals surface area contributed by atoms with Gasteiger partial charge in [0.2, 0.25) is 0 Å². The third kappa shape index (κ3) is 1.99. The molecule has 2 nitrogen and oxygen atoms in total. The Morgan fingerprint density at radius 3 is 2.58 bits per heavy atom. The zero-order chi connectivity index (χ0) is 9.14. The van der Waals surface area contributed by atoms with Crippen LogP contribution in [0.2, 0.25) is 0 Å². The molecule has 1 aromatic rings. The smallest absolute Gasteiger partial charge is 0.0960 e. The molecule has 0 saturated carbocycles. The first-order valence-corrected chi connectivity index (χ1v) is 5.07. The minimum Gasteiger partial charge on any atom is -0.389 e. The average molecular weight is 183 g/mol. The highest BCUT2D eigenvalue weighted by atomic mass is 32.2. The van der Waals surface area contributed by atoms with Gasteiger partial charge in [-0.2, -0.15) is 0 Å². The summed E-state index contributed by atoms with van der Waals surface area (Å²) in [5.41, 5.74) is 1.82. The molecule has 0 spiro atoms. The van der Waals surface area contributed by atoms with Crippen molar-refractivity contribution in [2.24, 2.45) is 0 Å². The Bertz CT molecular complexity index is 273. The molecule has 1 N–H and O–H groups in total. The molecule has 0 unspecified atom stereocenters. The van der Waals surface area contributed by atoms with E-state index in [1.807, 2.05) is 25.3 Å². The number of hydrogen-bond donors (Lipinski definition) is 1. The highest BCUT2D eigenvalue weighted by Gasteiger charge is 2.05. The molecular formula is C9H13NOS. The third-order valence-electron chi connectivity index (χ3n) is 1.76. The van der Waals surface area contributed by atoms with Gasteiger partial charge in [-0.15, -0.1) is 11.8 Å². The summed E-state index contributed by atoms with van der Waals surface area (Å²) >= 11 is 1.61. The van der Waals surface area contributed by atoms with Crippen molar-refractivity contribution < 1.29 is 5.11 Å². The Labute approximate surface area is 77.0 Å². The summed E-state index contributed by atoms with van der Waals surface area (Å²) in [5, 5.41) is 10.3. The van der Waals surface area contributed by atoms with Gasteiger partial charge in [-0.1, -0.05) is 6.07 Å². The molecule has 1 heterocycles.